The van der Waals surface area contributed by atoms with E-state index in [0.717, 1.165) is 6.29 Å². The standard InChI is InChI=1S/C11H10BrFO3/c12-10-7(2-1-3-14)8(13)6-9-11(10)16-5-4-15-9/h3,6H,1-2,4-5H2. The maximum absolute atomic E-state index is 13.7. The lowest BCUT2D eigenvalue weighted by Crippen LogP contribution is -2.16. The lowest BCUT2D eigenvalue weighted by Gasteiger charge is -2.21. The minimum atomic E-state index is -0.377. The van der Waals surface area contributed by atoms with Crippen LogP contribution in [0.15, 0.2) is 10.5 Å². The van der Waals surface area contributed by atoms with Crippen LogP contribution in [-0.2, 0) is 11.2 Å². The molecule has 0 aliphatic carbocycles. The first kappa shape index (κ1) is 11.4. The Hall–Kier alpha value is -1.10. The van der Waals surface area contributed by atoms with E-state index >= 15 is 0 Å². The number of hydrogen-bond donors (Lipinski definition) is 0. The van der Waals surface area contributed by atoms with E-state index in [9.17, 15) is 9.18 Å². The van der Waals surface area contributed by atoms with Gasteiger partial charge >= 0.3 is 0 Å². The maximum atomic E-state index is 13.7. The van der Waals surface area contributed by atoms with Gasteiger partial charge in [-0.1, -0.05) is 0 Å². The maximum Gasteiger partial charge on any atom is 0.175 e. The van der Waals surface area contributed by atoms with Crippen LogP contribution in [0, 0.1) is 5.82 Å². The molecule has 0 saturated heterocycles. The summed E-state index contributed by atoms with van der Waals surface area (Å²) in [6.45, 7) is 0.872. The monoisotopic (exact) mass is 288 g/mol. The van der Waals surface area contributed by atoms with Crippen LogP contribution < -0.4 is 9.47 Å². The Bertz CT molecular complexity index is 420. The minimum absolute atomic E-state index is 0.287. The van der Waals surface area contributed by atoms with Gasteiger partial charge in [0, 0.05) is 18.1 Å². The lowest BCUT2D eigenvalue weighted by molar-refractivity contribution is -0.107. The molecular formula is C11H10BrFO3. The molecule has 0 bridgehead atoms. The molecule has 0 aromatic heterocycles. The molecule has 1 aromatic rings. The normalized spacial score (nSPS) is 13.6. The Labute approximate surface area is 101 Å². The molecular weight excluding hydrogens is 279 g/mol. The molecule has 0 N–H and O–H groups in total. The van der Waals surface area contributed by atoms with Crippen LogP contribution in [0.25, 0.3) is 0 Å². The quantitative estimate of drug-likeness (QED) is 0.802. The summed E-state index contributed by atoms with van der Waals surface area (Å²) >= 11 is 3.29. The van der Waals surface area contributed by atoms with E-state index < -0.39 is 0 Å². The van der Waals surface area contributed by atoms with Gasteiger partial charge in [0.1, 0.15) is 25.3 Å². The molecule has 1 aliphatic heterocycles. The highest BCUT2D eigenvalue weighted by atomic mass is 79.9. The molecule has 5 heteroatoms. The molecule has 1 aliphatic rings. The van der Waals surface area contributed by atoms with Crippen LogP contribution in [0.4, 0.5) is 4.39 Å². The van der Waals surface area contributed by atoms with Crippen LogP contribution in [-0.4, -0.2) is 19.5 Å². The number of halogens is 2. The van der Waals surface area contributed by atoms with Gasteiger partial charge in [0.25, 0.3) is 0 Å². The Morgan fingerprint density at radius 2 is 2.19 bits per heavy atom. The van der Waals surface area contributed by atoms with E-state index in [1.54, 1.807) is 0 Å². The number of fused-ring (bicyclic) bond motifs is 1. The third-order valence-electron chi connectivity index (χ3n) is 2.33. The van der Waals surface area contributed by atoms with E-state index in [0.29, 0.717) is 41.2 Å². The van der Waals surface area contributed by atoms with Crippen molar-refractivity contribution in [1.82, 2.24) is 0 Å². The van der Waals surface area contributed by atoms with E-state index in [4.69, 9.17) is 9.47 Å². The molecule has 1 aromatic carbocycles. The number of hydrogen-bond acceptors (Lipinski definition) is 3. The number of ether oxygens (including phenoxy) is 2. The third kappa shape index (κ3) is 2.04. The van der Waals surface area contributed by atoms with E-state index in [1.165, 1.54) is 6.07 Å². The Balaban J connectivity index is 2.41. The largest absolute Gasteiger partial charge is 0.486 e. The highest BCUT2D eigenvalue weighted by Gasteiger charge is 2.21. The average Bonchev–Trinajstić information content (AvgIpc) is 2.29. The molecule has 86 valence electrons. The van der Waals surface area contributed by atoms with Crippen molar-refractivity contribution in [3.05, 3.63) is 21.9 Å². The first-order chi connectivity index (χ1) is 7.74. The number of benzene rings is 1. The van der Waals surface area contributed by atoms with Crippen LogP contribution in [0.1, 0.15) is 12.0 Å². The van der Waals surface area contributed by atoms with Crippen molar-refractivity contribution in [3.63, 3.8) is 0 Å². The van der Waals surface area contributed by atoms with Gasteiger partial charge in [0.2, 0.25) is 0 Å². The van der Waals surface area contributed by atoms with Gasteiger partial charge in [-0.15, -0.1) is 0 Å². The summed E-state index contributed by atoms with van der Waals surface area (Å²) in [5.74, 6) is 0.553. The van der Waals surface area contributed by atoms with Crippen molar-refractivity contribution in [3.8, 4) is 11.5 Å². The molecule has 0 unspecified atom stereocenters. The summed E-state index contributed by atoms with van der Waals surface area (Å²) in [6.07, 6.45) is 1.41. The molecule has 1 heterocycles. The smallest absolute Gasteiger partial charge is 0.175 e. The van der Waals surface area contributed by atoms with Crippen molar-refractivity contribution >= 4 is 22.2 Å². The van der Waals surface area contributed by atoms with Gasteiger partial charge in [0.05, 0.1) is 4.47 Å². The van der Waals surface area contributed by atoms with Crippen LogP contribution in [0.3, 0.4) is 0 Å². The summed E-state index contributed by atoms with van der Waals surface area (Å²) in [4.78, 5) is 10.3. The molecule has 3 nitrogen and oxygen atoms in total. The van der Waals surface area contributed by atoms with E-state index in [-0.39, 0.29) is 12.2 Å². The van der Waals surface area contributed by atoms with Gasteiger partial charge in [-0.3, -0.25) is 0 Å². The Morgan fingerprint density at radius 1 is 1.44 bits per heavy atom. The molecule has 2 rings (SSSR count). The van der Waals surface area contributed by atoms with E-state index in [2.05, 4.69) is 15.9 Å². The highest BCUT2D eigenvalue weighted by molar-refractivity contribution is 9.10. The van der Waals surface area contributed by atoms with Gasteiger partial charge in [-0.25, -0.2) is 4.39 Å². The van der Waals surface area contributed by atoms with E-state index in [1.807, 2.05) is 0 Å². The third-order valence-corrected chi connectivity index (χ3v) is 3.17. The molecule has 0 fully saturated rings. The van der Waals surface area contributed by atoms with Crippen LogP contribution in [0.2, 0.25) is 0 Å². The first-order valence-electron chi connectivity index (χ1n) is 4.94. The SMILES string of the molecule is O=CCCc1c(F)cc2c(c1Br)OCCO2. The molecule has 0 saturated carbocycles. The van der Waals surface area contributed by atoms with Gasteiger partial charge in [-0.05, 0) is 22.4 Å². The number of aldehydes is 1. The van der Waals surface area contributed by atoms with Crippen molar-refractivity contribution in [2.45, 2.75) is 12.8 Å². The summed E-state index contributed by atoms with van der Waals surface area (Å²) in [5.41, 5.74) is 0.455. The average molecular weight is 289 g/mol. The molecule has 0 amide bonds. The molecule has 0 atom stereocenters. The molecule has 0 radical (unpaired) electrons. The van der Waals surface area contributed by atoms with Crippen molar-refractivity contribution in [2.24, 2.45) is 0 Å². The van der Waals surface area contributed by atoms with Crippen LogP contribution in [0.5, 0.6) is 11.5 Å². The van der Waals surface area contributed by atoms with Gasteiger partial charge < -0.3 is 14.3 Å². The second-order valence-corrected chi connectivity index (χ2v) is 4.17. The number of carbonyl (C=O) groups excluding carboxylic acids is 1. The minimum Gasteiger partial charge on any atom is -0.486 e. The summed E-state index contributed by atoms with van der Waals surface area (Å²) in [5, 5.41) is 0. The Kier molecular flexibility index (Phi) is 3.43. The molecule has 0 spiro atoms. The first-order valence-corrected chi connectivity index (χ1v) is 5.73. The van der Waals surface area contributed by atoms with Crippen molar-refractivity contribution in [1.29, 1.82) is 0 Å². The predicted octanol–water partition coefficient (Wildman–Crippen LogP) is 2.49. The van der Waals surface area contributed by atoms with Crippen molar-refractivity contribution < 1.29 is 18.7 Å². The fraction of sp³-hybridized carbons (Fsp3) is 0.364. The lowest BCUT2D eigenvalue weighted by atomic mass is 10.1. The van der Waals surface area contributed by atoms with Gasteiger partial charge in [0.15, 0.2) is 11.5 Å². The summed E-state index contributed by atoms with van der Waals surface area (Å²) in [7, 11) is 0. The zero-order valence-electron chi connectivity index (χ0n) is 8.46. The highest BCUT2D eigenvalue weighted by Crippen LogP contribution is 2.41. The predicted molar refractivity (Wildman–Crippen MR) is 59.5 cm³/mol. The number of rotatable bonds is 3. The second-order valence-electron chi connectivity index (χ2n) is 3.38. The number of carbonyl (C=O) groups is 1. The van der Waals surface area contributed by atoms with Gasteiger partial charge in [-0.2, -0.15) is 0 Å². The fourth-order valence-corrected chi connectivity index (χ4v) is 2.28. The topological polar surface area (TPSA) is 35.5 Å². The summed E-state index contributed by atoms with van der Waals surface area (Å²) < 4.78 is 24.9. The summed E-state index contributed by atoms with van der Waals surface area (Å²) in [6, 6.07) is 1.30. The zero-order valence-corrected chi connectivity index (χ0v) is 10.0. The molecule has 16 heavy (non-hydrogen) atoms. The van der Waals surface area contributed by atoms with Crippen LogP contribution >= 0.6 is 15.9 Å². The second kappa shape index (κ2) is 4.82. The van der Waals surface area contributed by atoms with Crippen molar-refractivity contribution in [2.75, 3.05) is 13.2 Å². The Morgan fingerprint density at radius 3 is 2.94 bits per heavy atom. The zero-order chi connectivity index (χ0) is 11.5. The fourth-order valence-electron chi connectivity index (χ4n) is 1.59.